The van der Waals surface area contributed by atoms with E-state index in [-0.39, 0.29) is 6.04 Å². The van der Waals surface area contributed by atoms with Gasteiger partial charge in [0, 0.05) is 41.6 Å². The highest BCUT2D eigenvalue weighted by Crippen LogP contribution is 2.37. The van der Waals surface area contributed by atoms with Crippen LogP contribution in [0.15, 0.2) is 66.9 Å². The van der Waals surface area contributed by atoms with Crippen molar-refractivity contribution < 1.29 is 0 Å². The van der Waals surface area contributed by atoms with E-state index in [9.17, 15) is 0 Å². The van der Waals surface area contributed by atoms with Gasteiger partial charge in [-0.3, -0.25) is 0 Å². The van der Waals surface area contributed by atoms with Gasteiger partial charge in [-0.05, 0) is 47.6 Å². The maximum absolute atomic E-state index is 6.56. The van der Waals surface area contributed by atoms with Crippen molar-refractivity contribution in [2.45, 2.75) is 19.1 Å². The summed E-state index contributed by atoms with van der Waals surface area (Å²) in [6.45, 7) is 2.39. The van der Waals surface area contributed by atoms with Crippen LogP contribution in [0.4, 0.5) is 0 Å². The number of benzene rings is 2. The Kier molecular flexibility index (Phi) is 5.39. The molecule has 3 nitrogen and oxygen atoms in total. The van der Waals surface area contributed by atoms with Gasteiger partial charge in [-0.15, -0.1) is 0 Å². The molecule has 0 bridgehead atoms. The van der Waals surface area contributed by atoms with Gasteiger partial charge in [-0.1, -0.05) is 59.6 Å². The predicted octanol–water partition coefficient (Wildman–Crippen LogP) is 5.27. The molecule has 1 aliphatic rings. The molecule has 0 fully saturated rings. The van der Waals surface area contributed by atoms with Crippen LogP contribution >= 0.6 is 35.4 Å². The molecule has 6 heteroatoms. The van der Waals surface area contributed by atoms with Crippen molar-refractivity contribution in [1.82, 2.24) is 14.8 Å². The van der Waals surface area contributed by atoms with Gasteiger partial charge < -0.3 is 14.8 Å². The molecular weight excluding hydrogens is 397 g/mol. The Bertz CT molecular complexity index is 955. The van der Waals surface area contributed by atoms with Crippen LogP contribution in [-0.2, 0) is 13.1 Å². The zero-order valence-corrected chi connectivity index (χ0v) is 16.9. The number of hydrogen-bond donors (Lipinski definition) is 1. The topological polar surface area (TPSA) is 20.2 Å². The van der Waals surface area contributed by atoms with E-state index in [4.69, 9.17) is 35.4 Å². The molecule has 2 aromatic carbocycles. The van der Waals surface area contributed by atoms with Gasteiger partial charge in [-0.25, -0.2) is 0 Å². The molecule has 0 aliphatic carbocycles. The lowest BCUT2D eigenvalue weighted by atomic mass is 10.00. The van der Waals surface area contributed by atoms with Crippen LogP contribution in [0.1, 0.15) is 22.9 Å². The van der Waals surface area contributed by atoms with Crippen LogP contribution in [0.2, 0.25) is 10.0 Å². The molecule has 0 amide bonds. The number of nitrogens with one attached hydrogen (secondary N) is 1. The first-order valence-electron chi connectivity index (χ1n) is 8.82. The van der Waals surface area contributed by atoms with E-state index in [0.29, 0.717) is 16.6 Å². The molecule has 0 spiro atoms. The predicted molar refractivity (Wildman–Crippen MR) is 115 cm³/mol. The average Bonchev–Trinajstić information content (AvgIpc) is 3.15. The second-order valence-corrected chi connectivity index (χ2v) is 7.76. The Labute approximate surface area is 174 Å². The first-order valence-corrected chi connectivity index (χ1v) is 9.98. The van der Waals surface area contributed by atoms with Gasteiger partial charge in [0.15, 0.2) is 5.11 Å². The molecule has 1 atom stereocenters. The summed E-state index contributed by atoms with van der Waals surface area (Å²) in [5.74, 6) is 0. The van der Waals surface area contributed by atoms with E-state index >= 15 is 0 Å². The molecule has 0 saturated carbocycles. The van der Waals surface area contributed by atoms with Crippen LogP contribution in [0, 0.1) is 0 Å². The number of hydrogen-bond acceptors (Lipinski definition) is 1. The first kappa shape index (κ1) is 18.4. The van der Waals surface area contributed by atoms with Gasteiger partial charge in [0.2, 0.25) is 0 Å². The van der Waals surface area contributed by atoms with E-state index < -0.39 is 0 Å². The van der Waals surface area contributed by atoms with Crippen molar-refractivity contribution in [2.75, 3.05) is 6.54 Å². The zero-order chi connectivity index (χ0) is 18.8. The summed E-state index contributed by atoms with van der Waals surface area (Å²) in [7, 11) is 0. The fourth-order valence-corrected chi connectivity index (χ4v) is 4.31. The fourth-order valence-electron chi connectivity index (χ4n) is 3.53. The quantitative estimate of drug-likeness (QED) is 0.587. The van der Waals surface area contributed by atoms with Gasteiger partial charge in [0.1, 0.15) is 0 Å². The number of halogens is 2. The molecule has 3 aromatic rings. The fraction of sp³-hybridized carbons (Fsp3) is 0.190. The van der Waals surface area contributed by atoms with Gasteiger partial charge in [0.05, 0.1) is 6.04 Å². The maximum atomic E-state index is 6.56. The summed E-state index contributed by atoms with van der Waals surface area (Å²) in [6.07, 6.45) is 2.10. The van der Waals surface area contributed by atoms with E-state index in [0.717, 1.165) is 23.8 Å². The zero-order valence-electron chi connectivity index (χ0n) is 14.6. The summed E-state index contributed by atoms with van der Waals surface area (Å²) in [6, 6.07) is 20.1. The van der Waals surface area contributed by atoms with Crippen LogP contribution < -0.4 is 5.32 Å². The van der Waals surface area contributed by atoms with Crippen molar-refractivity contribution in [1.29, 1.82) is 0 Å². The van der Waals surface area contributed by atoms with Gasteiger partial charge >= 0.3 is 0 Å². The lowest BCUT2D eigenvalue weighted by Gasteiger charge is -2.39. The van der Waals surface area contributed by atoms with Crippen molar-refractivity contribution >= 4 is 40.5 Å². The largest absolute Gasteiger partial charge is 0.358 e. The Morgan fingerprint density at radius 3 is 2.63 bits per heavy atom. The highest BCUT2D eigenvalue weighted by Gasteiger charge is 2.31. The van der Waals surface area contributed by atoms with Crippen LogP contribution in [0.5, 0.6) is 0 Å². The monoisotopic (exact) mass is 415 g/mol. The minimum atomic E-state index is -0.0470. The Hall–Kier alpha value is -2.01. The molecule has 1 aliphatic heterocycles. The second kappa shape index (κ2) is 7.93. The molecule has 138 valence electrons. The van der Waals surface area contributed by atoms with Crippen molar-refractivity contribution in [2.24, 2.45) is 0 Å². The summed E-state index contributed by atoms with van der Waals surface area (Å²) in [5.41, 5.74) is 3.38. The average molecular weight is 416 g/mol. The number of thiocarbonyl (C=S) groups is 1. The number of nitrogens with zero attached hydrogens (tertiary/aromatic N) is 2. The minimum Gasteiger partial charge on any atom is -0.358 e. The van der Waals surface area contributed by atoms with Crippen molar-refractivity contribution in [3.63, 3.8) is 0 Å². The van der Waals surface area contributed by atoms with Crippen LogP contribution in [0.25, 0.3) is 0 Å². The van der Waals surface area contributed by atoms with E-state index in [1.807, 2.05) is 30.3 Å². The smallest absolute Gasteiger partial charge is 0.170 e. The summed E-state index contributed by atoms with van der Waals surface area (Å²) in [5, 5.41) is 5.41. The molecule has 0 radical (unpaired) electrons. The summed E-state index contributed by atoms with van der Waals surface area (Å²) >= 11 is 18.4. The van der Waals surface area contributed by atoms with E-state index in [1.165, 1.54) is 11.3 Å². The Morgan fingerprint density at radius 1 is 1.04 bits per heavy atom. The highest BCUT2D eigenvalue weighted by atomic mass is 35.5. The van der Waals surface area contributed by atoms with Gasteiger partial charge in [0.25, 0.3) is 0 Å². The number of rotatable bonds is 3. The molecule has 0 saturated heterocycles. The second-order valence-electron chi connectivity index (χ2n) is 6.53. The lowest BCUT2D eigenvalue weighted by molar-refractivity contribution is 0.286. The summed E-state index contributed by atoms with van der Waals surface area (Å²) in [4.78, 5) is 2.21. The molecule has 27 heavy (non-hydrogen) atoms. The number of fused-ring (bicyclic) bond motifs is 1. The van der Waals surface area contributed by atoms with Gasteiger partial charge in [-0.2, -0.15) is 0 Å². The molecule has 1 aromatic heterocycles. The first-order chi connectivity index (χ1) is 13.1. The number of aromatic nitrogens is 1. The van der Waals surface area contributed by atoms with Crippen molar-refractivity contribution in [3.05, 3.63) is 93.7 Å². The standard InChI is InChI=1S/C21H19Cl2N3S/c22-16-8-9-17(18(23)13-16)20-19-7-4-10-25(19)11-12-26(20)21(27)24-14-15-5-2-1-3-6-15/h1-10,13,20H,11-12,14H2,(H,24,27)/t20-/m0/s1. The highest BCUT2D eigenvalue weighted by molar-refractivity contribution is 7.80. The SMILES string of the molecule is S=C(NCc1ccccc1)N1CCn2cccc2[C@@H]1c1ccc(Cl)cc1Cl. The molecular formula is C21H19Cl2N3S. The van der Waals surface area contributed by atoms with E-state index in [2.05, 4.69) is 45.2 Å². The Morgan fingerprint density at radius 2 is 1.85 bits per heavy atom. The third-order valence-electron chi connectivity index (χ3n) is 4.84. The normalized spacial score (nSPS) is 16.1. The van der Waals surface area contributed by atoms with Crippen molar-refractivity contribution in [3.8, 4) is 0 Å². The third kappa shape index (κ3) is 3.84. The lowest BCUT2D eigenvalue weighted by Crippen LogP contribution is -2.47. The third-order valence-corrected chi connectivity index (χ3v) is 5.78. The maximum Gasteiger partial charge on any atom is 0.170 e. The van der Waals surface area contributed by atoms with Crippen LogP contribution in [0.3, 0.4) is 0 Å². The molecule has 4 rings (SSSR count). The molecule has 1 N–H and O–H groups in total. The molecule has 2 heterocycles. The summed E-state index contributed by atoms with van der Waals surface area (Å²) < 4.78 is 2.26. The van der Waals surface area contributed by atoms with Crippen LogP contribution in [-0.4, -0.2) is 21.1 Å². The molecule has 0 unspecified atom stereocenters. The van der Waals surface area contributed by atoms with E-state index in [1.54, 1.807) is 6.07 Å². The Balaban J connectivity index is 1.63. The minimum absolute atomic E-state index is 0.0470.